The van der Waals surface area contributed by atoms with Crippen LogP contribution in [0.1, 0.15) is 26.2 Å². The molecule has 20 heavy (non-hydrogen) atoms. The molecule has 2 amide bonds. The lowest BCUT2D eigenvalue weighted by Gasteiger charge is -2.16. The molecule has 0 aliphatic carbocycles. The molecular weight excluding hydrogens is 283 g/mol. The lowest BCUT2D eigenvalue weighted by atomic mass is 10.0. The van der Waals surface area contributed by atoms with Gasteiger partial charge < -0.3 is 15.7 Å². The molecule has 1 unspecified atom stereocenters. The maximum absolute atomic E-state index is 13.0. The fourth-order valence-corrected chi connectivity index (χ4v) is 2.11. The summed E-state index contributed by atoms with van der Waals surface area (Å²) in [6.07, 6.45) is 2.61. The quantitative estimate of drug-likeness (QED) is 0.723. The summed E-state index contributed by atoms with van der Waals surface area (Å²) >= 11 is 5.63. The highest BCUT2D eigenvalue weighted by Crippen LogP contribution is 2.19. The van der Waals surface area contributed by atoms with Crippen molar-refractivity contribution in [1.29, 1.82) is 0 Å². The van der Waals surface area contributed by atoms with E-state index in [4.69, 9.17) is 16.7 Å². The van der Waals surface area contributed by atoms with Crippen LogP contribution in [0.25, 0.3) is 0 Å². The second-order valence-corrected chi connectivity index (χ2v) is 5.04. The van der Waals surface area contributed by atoms with Crippen LogP contribution in [-0.2, 0) is 0 Å². The van der Waals surface area contributed by atoms with Crippen LogP contribution in [0, 0.1) is 11.7 Å². The summed E-state index contributed by atoms with van der Waals surface area (Å²) in [7, 11) is 0. The van der Waals surface area contributed by atoms with E-state index in [-0.39, 0.29) is 23.6 Å². The van der Waals surface area contributed by atoms with E-state index in [0.717, 1.165) is 12.8 Å². The maximum Gasteiger partial charge on any atom is 0.319 e. The third-order valence-corrected chi connectivity index (χ3v) is 3.25. The van der Waals surface area contributed by atoms with E-state index in [1.807, 2.05) is 0 Å². The van der Waals surface area contributed by atoms with E-state index < -0.39 is 5.82 Å². The number of aliphatic hydroxyl groups excluding tert-OH is 1. The molecule has 0 aliphatic rings. The van der Waals surface area contributed by atoms with Gasteiger partial charge in [0, 0.05) is 18.8 Å². The average molecular weight is 303 g/mol. The first kappa shape index (κ1) is 16.7. The van der Waals surface area contributed by atoms with Crippen LogP contribution in [-0.4, -0.2) is 24.3 Å². The molecule has 4 nitrogen and oxygen atoms in total. The Morgan fingerprint density at radius 2 is 2.20 bits per heavy atom. The van der Waals surface area contributed by atoms with E-state index in [2.05, 4.69) is 17.6 Å². The van der Waals surface area contributed by atoms with Crippen molar-refractivity contribution in [2.75, 3.05) is 18.5 Å². The number of carbonyl (C=O) groups excluding carboxylic acids is 1. The molecule has 1 atom stereocenters. The van der Waals surface area contributed by atoms with Crippen molar-refractivity contribution >= 4 is 23.3 Å². The van der Waals surface area contributed by atoms with Gasteiger partial charge in [0.05, 0.1) is 5.02 Å². The monoisotopic (exact) mass is 302 g/mol. The summed E-state index contributed by atoms with van der Waals surface area (Å²) in [5.74, 6) is -0.267. The summed E-state index contributed by atoms with van der Waals surface area (Å²) in [6.45, 7) is 2.67. The summed E-state index contributed by atoms with van der Waals surface area (Å²) in [6, 6.07) is 3.63. The van der Waals surface area contributed by atoms with Crippen LogP contribution in [0.15, 0.2) is 18.2 Å². The summed E-state index contributed by atoms with van der Waals surface area (Å²) in [5.41, 5.74) is 0.433. The van der Waals surface area contributed by atoms with Crippen molar-refractivity contribution in [3.05, 3.63) is 29.0 Å². The molecule has 0 aromatic heterocycles. The number of benzene rings is 1. The van der Waals surface area contributed by atoms with Gasteiger partial charge in [-0.05, 0) is 37.0 Å². The number of rotatable bonds is 7. The van der Waals surface area contributed by atoms with E-state index in [1.54, 1.807) is 0 Å². The Kier molecular flexibility index (Phi) is 7.33. The minimum atomic E-state index is -0.524. The predicted molar refractivity (Wildman–Crippen MR) is 78.5 cm³/mol. The Morgan fingerprint density at radius 1 is 1.45 bits per heavy atom. The molecule has 3 N–H and O–H groups in total. The molecule has 112 valence electrons. The van der Waals surface area contributed by atoms with Crippen LogP contribution >= 0.6 is 11.6 Å². The van der Waals surface area contributed by atoms with Gasteiger partial charge in [0.2, 0.25) is 0 Å². The summed E-state index contributed by atoms with van der Waals surface area (Å²) in [5, 5.41) is 14.2. The van der Waals surface area contributed by atoms with E-state index in [0.29, 0.717) is 18.7 Å². The lowest BCUT2D eigenvalue weighted by molar-refractivity contribution is 0.237. The molecule has 0 spiro atoms. The second kappa shape index (κ2) is 8.76. The first-order valence-corrected chi connectivity index (χ1v) is 7.05. The highest BCUT2D eigenvalue weighted by molar-refractivity contribution is 6.31. The van der Waals surface area contributed by atoms with Crippen LogP contribution in [0.3, 0.4) is 0 Å². The minimum Gasteiger partial charge on any atom is -0.396 e. The standard InChI is InChI=1S/C14H20ClFN2O2/c1-2-3-10(6-7-19)9-17-14(20)18-11-4-5-13(16)12(15)8-11/h4-5,8,10,19H,2-3,6-7,9H2,1H3,(H2,17,18,20). The molecule has 0 fully saturated rings. The summed E-state index contributed by atoms with van der Waals surface area (Å²) < 4.78 is 13.0. The van der Waals surface area contributed by atoms with Gasteiger partial charge in [0.25, 0.3) is 0 Å². The molecule has 1 rings (SSSR count). The molecule has 1 aromatic carbocycles. The van der Waals surface area contributed by atoms with Crippen molar-refractivity contribution in [2.24, 2.45) is 5.92 Å². The van der Waals surface area contributed by atoms with Gasteiger partial charge >= 0.3 is 6.03 Å². The van der Waals surface area contributed by atoms with Crippen LogP contribution < -0.4 is 10.6 Å². The summed E-state index contributed by atoms with van der Waals surface area (Å²) in [4.78, 5) is 11.7. The van der Waals surface area contributed by atoms with Crippen molar-refractivity contribution in [3.8, 4) is 0 Å². The van der Waals surface area contributed by atoms with Gasteiger partial charge in [-0.3, -0.25) is 0 Å². The Morgan fingerprint density at radius 3 is 2.80 bits per heavy atom. The predicted octanol–water partition coefficient (Wildman–Crippen LogP) is 3.40. The number of carbonyl (C=O) groups is 1. The fraction of sp³-hybridized carbons (Fsp3) is 0.500. The van der Waals surface area contributed by atoms with Gasteiger partial charge in [-0.1, -0.05) is 24.9 Å². The molecule has 0 heterocycles. The average Bonchev–Trinajstić information content (AvgIpc) is 2.41. The third-order valence-electron chi connectivity index (χ3n) is 2.96. The largest absolute Gasteiger partial charge is 0.396 e. The first-order valence-electron chi connectivity index (χ1n) is 6.67. The van der Waals surface area contributed by atoms with Crippen LogP contribution in [0.4, 0.5) is 14.9 Å². The van der Waals surface area contributed by atoms with E-state index in [1.165, 1.54) is 18.2 Å². The van der Waals surface area contributed by atoms with Gasteiger partial charge in [-0.25, -0.2) is 9.18 Å². The van der Waals surface area contributed by atoms with Gasteiger partial charge in [0.1, 0.15) is 5.82 Å². The molecule has 6 heteroatoms. The van der Waals surface area contributed by atoms with Gasteiger partial charge in [0.15, 0.2) is 0 Å². The fourth-order valence-electron chi connectivity index (χ4n) is 1.93. The Balaban J connectivity index is 2.44. The van der Waals surface area contributed by atoms with Crippen molar-refractivity contribution in [2.45, 2.75) is 26.2 Å². The number of halogens is 2. The first-order chi connectivity index (χ1) is 9.56. The number of nitrogens with one attached hydrogen (secondary N) is 2. The maximum atomic E-state index is 13.0. The van der Waals surface area contributed by atoms with Gasteiger partial charge in [-0.2, -0.15) is 0 Å². The molecule has 0 bridgehead atoms. The molecule has 0 aliphatic heterocycles. The van der Waals surface area contributed by atoms with Crippen molar-refractivity contribution in [3.63, 3.8) is 0 Å². The zero-order chi connectivity index (χ0) is 15.0. The number of anilines is 1. The Hall–Kier alpha value is -1.33. The van der Waals surface area contributed by atoms with Crippen molar-refractivity contribution < 1.29 is 14.3 Å². The molecule has 1 aromatic rings. The Labute approximate surface area is 123 Å². The highest BCUT2D eigenvalue weighted by Gasteiger charge is 2.10. The van der Waals surface area contributed by atoms with Gasteiger partial charge in [-0.15, -0.1) is 0 Å². The number of urea groups is 1. The molecule has 0 saturated carbocycles. The number of hydrogen-bond acceptors (Lipinski definition) is 2. The van der Waals surface area contributed by atoms with Crippen LogP contribution in [0.5, 0.6) is 0 Å². The Bertz CT molecular complexity index is 437. The molecule has 0 radical (unpaired) electrons. The lowest BCUT2D eigenvalue weighted by Crippen LogP contribution is -2.33. The number of amides is 2. The zero-order valence-electron chi connectivity index (χ0n) is 11.5. The van der Waals surface area contributed by atoms with E-state index >= 15 is 0 Å². The topological polar surface area (TPSA) is 61.4 Å². The third kappa shape index (κ3) is 5.75. The van der Waals surface area contributed by atoms with Crippen molar-refractivity contribution in [1.82, 2.24) is 5.32 Å². The minimum absolute atomic E-state index is 0.0352. The second-order valence-electron chi connectivity index (χ2n) is 4.63. The zero-order valence-corrected chi connectivity index (χ0v) is 12.2. The smallest absolute Gasteiger partial charge is 0.319 e. The van der Waals surface area contributed by atoms with E-state index in [9.17, 15) is 9.18 Å². The number of aliphatic hydroxyl groups is 1. The molecule has 0 saturated heterocycles. The SMILES string of the molecule is CCCC(CCO)CNC(=O)Nc1ccc(F)c(Cl)c1. The molecular formula is C14H20ClFN2O2. The normalized spacial score (nSPS) is 12.0. The number of hydrogen-bond donors (Lipinski definition) is 3. The highest BCUT2D eigenvalue weighted by atomic mass is 35.5. The van der Waals surface area contributed by atoms with Crippen LogP contribution in [0.2, 0.25) is 5.02 Å².